The quantitative estimate of drug-likeness (QED) is 0.0713. The Morgan fingerprint density at radius 1 is 0.500 bits per heavy atom. The number of rotatable bonds is 22. The van der Waals surface area contributed by atoms with E-state index in [9.17, 15) is 0 Å². The third-order valence-corrected chi connectivity index (χ3v) is 14.0. The topological polar surface area (TPSA) is 0 Å². The second-order valence-electron chi connectivity index (χ2n) is 8.86. The number of thiol groups is 4. The smallest absolute Gasteiger partial charge is 0.0257 e. The van der Waals surface area contributed by atoms with Crippen LogP contribution in [0.25, 0.3) is 0 Å². The van der Waals surface area contributed by atoms with Crippen LogP contribution < -0.4 is 0 Å². The average molecular weight is 613 g/mol. The molecule has 0 spiro atoms. The summed E-state index contributed by atoms with van der Waals surface area (Å²) in [5.74, 6) is 10.4. The highest BCUT2D eigenvalue weighted by Crippen LogP contribution is 2.33. The zero-order chi connectivity index (χ0) is 24.4. The van der Waals surface area contributed by atoms with Gasteiger partial charge in [0.05, 0.1) is 0 Å². The minimum Gasteiger partial charge on any atom is -0.175 e. The van der Waals surface area contributed by atoms with Gasteiger partial charge in [-0.1, -0.05) is 41.0 Å². The Morgan fingerprint density at radius 3 is 1.59 bits per heavy atom. The average Bonchev–Trinajstić information content (AvgIpc) is 2.68. The van der Waals surface area contributed by atoms with Crippen LogP contribution in [0.5, 0.6) is 0 Å². The summed E-state index contributed by atoms with van der Waals surface area (Å²) in [6.45, 7) is 11.2. The molecule has 0 rings (SSSR count). The van der Waals surface area contributed by atoms with E-state index in [2.05, 4.69) is 144 Å². The first kappa shape index (κ1) is 35.2. The molecular formula is C23H48S9. The first-order valence-corrected chi connectivity index (χ1v) is 19.4. The molecule has 0 amide bonds. The molecule has 0 aromatic heterocycles. The summed E-state index contributed by atoms with van der Waals surface area (Å²) in [6, 6.07) is 0. The molecule has 7 unspecified atom stereocenters. The third-order valence-electron chi connectivity index (χ3n) is 4.47. The molecule has 0 nitrogen and oxygen atoms in total. The van der Waals surface area contributed by atoms with Crippen LogP contribution in [0.4, 0.5) is 0 Å². The Hall–Kier alpha value is 3.15. The van der Waals surface area contributed by atoms with E-state index in [1.807, 2.05) is 0 Å². The second kappa shape index (κ2) is 23.3. The van der Waals surface area contributed by atoms with Crippen molar-refractivity contribution in [3.63, 3.8) is 0 Å². The van der Waals surface area contributed by atoms with Crippen LogP contribution in [0.1, 0.15) is 53.9 Å². The van der Waals surface area contributed by atoms with Gasteiger partial charge >= 0.3 is 0 Å². The van der Waals surface area contributed by atoms with E-state index in [-0.39, 0.29) is 0 Å². The highest BCUT2D eigenvalue weighted by atomic mass is 32.2. The second-order valence-corrected chi connectivity index (χ2v) is 18.3. The molecule has 32 heavy (non-hydrogen) atoms. The van der Waals surface area contributed by atoms with Crippen LogP contribution in [-0.4, -0.2) is 77.5 Å². The van der Waals surface area contributed by atoms with E-state index >= 15 is 0 Å². The number of hydrogen-bond acceptors (Lipinski definition) is 9. The van der Waals surface area contributed by atoms with E-state index in [0.717, 1.165) is 34.2 Å². The predicted molar refractivity (Wildman–Crippen MR) is 181 cm³/mol. The fourth-order valence-corrected chi connectivity index (χ4v) is 10.6. The SMILES string of the molecule is CC(S)CSCCSC(CSCC(C)S)C(CCCC(C)CSCC(C)S)SCC(C)S. The van der Waals surface area contributed by atoms with E-state index < -0.39 is 0 Å². The first-order valence-electron chi connectivity index (χ1n) is 11.8. The summed E-state index contributed by atoms with van der Waals surface area (Å²) in [6.07, 6.45) is 4.02. The number of thioether (sulfide) groups is 5. The minimum absolute atomic E-state index is 0.462. The molecule has 0 aliphatic rings. The molecule has 194 valence electrons. The van der Waals surface area contributed by atoms with Gasteiger partial charge in [0.1, 0.15) is 0 Å². The molecule has 7 atom stereocenters. The highest BCUT2D eigenvalue weighted by Gasteiger charge is 2.23. The molecule has 0 aromatic carbocycles. The lowest BCUT2D eigenvalue weighted by atomic mass is 10.0. The molecule has 0 heterocycles. The molecule has 0 aliphatic heterocycles. The van der Waals surface area contributed by atoms with E-state index in [0.29, 0.717) is 26.2 Å². The van der Waals surface area contributed by atoms with Crippen molar-refractivity contribution in [1.82, 2.24) is 0 Å². The first-order chi connectivity index (χ1) is 15.1. The van der Waals surface area contributed by atoms with Gasteiger partial charge in [0.2, 0.25) is 0 Å². The Kier molecular flexibility index (Phi) is 25.6. The van der Waals surface area contributed by atoms with Crippen LogP contribution in [-0.2, 0) is 0 Å². The summed E-state index contributed by atoms with van der Waals surface area (Å²) < 4.78 is 0. The zero-order valence-electron chi connectivity index (χ0n) is 20.6. The number of hydrogen-bond donors (Lipinski definition) is 4. The fraction of sp³-hybridized carbons (Fsp3) is 1.00. The van der Waals surface area contributed by atoms with Crippen molar-refractivity contribution >= 4 is 109 Å². The van der Waals surface area contributed by atoms with E-state index in [1.165, 1.54) is 42.3 Å². The molecule has 0 radical (unpaired) electrons. The predicted octanol–water partition coefficient (Wildman–Crippen LogP) is 8.47. The van der Waals surface area contributed by atoms with Gasteiger partial charge in [-0.25, -0.2) is 0 Å². The monoisotopic (exact) mass is 612 g/mol. The maximum Gasteiger partial charge on any atom is 0.0257 e. The van der Waals surface area contributed by atoms with Gasteiger partial charge in [-0.2, -0.15) is 109 Å². The van der Waals surface area contributed by atoms with E-state index in [1.54, 1.807) is 0 Å². The van der Waals surface area contributed by atoms with Gasteiger partial charge in [0.15, 0.2) is 0 Å². The molecule has 9 heteroatoms. The van der Waals surface area contributed by atoms with Gasteiger partial charge < -0.3 is 0 Å². The maximum atomic E-state index is 4.67. The maximum absolute atomic E-state index is 4.67. The lowest BCUT2D eigenvalue weighted by Crippen LogP contribution is -2.26. The van der Waals surface area contributed by atoms with Crippen molar-refractivity contribution in [3.8, 4) is 0 Å². The van der Waals surface area contributed by atoms with E-state index in [4.69, 9.17) is 0 Å². The molecule has 0 saturated heterocycles. The molecule has 0 N–H and O–H groups in total. The third kappa shape index (κ3) is 23.5. The van der Waals surface area contributed by atoms with Gasteiger partial charge in [-0.05, 0) is 24.5 Å². The van der Waals surface area contributed by atoms with Crippen LogP contribution in [0.3, 0.4) is 0 Å². The van der Waals surface area contributed by atoms with Gasteiger partial charge in [0, 0.05) is 71.8 Å². The zero-order valence-corrected chi connectivity index (χ0v) is 28.3. The Balaban J connectivity index is 4.73. The van der Waals surface area contributed by atoms with Crippen molar-refractivity contribution in [1.29, 1.82) is 0 Å². The van der Waals surface area contributed by atoms with Gasteiger partial charge in [0.25, 0.3) is 0 Å². The molecule has 0 saturated carbocycles. The lowest BCUT2D eigenvalue weighted by Gasteiger charge is -2.28. The minimum atomic E-state index is 0.462. The standard InChI is InChI=1S/C23H48S9/c1-17(11-29-13-19(3)25)7-6-8-22(32-15-21(5)27)23(16-30-14-20(4)26)31-10-9-28-12-18(2)24/h17-27H,6-16H2,1-5H3. The normalized spacial score (nSPS) is 18.7. The van der Waals surface area contributed by atoms with Gasteiger partial charge in [-0.3, -0.25) is 0 Å². The molecule has 0 aliphatic carbocycles. The largest absolute Gasteiger partial charge is 0.175 e. The van der Waals surface area contributed by atoms with Crippen molar-refractivity contribution in [2.75, 3.05) is 46.0 Å². The van der Waals surface area contributed by atoms with Crippen LogP contribution in [0.2, 0.25) is 0 Å². The summed E-state index contributed by atoms with van der Waals surface area (Å²) in [5.41, 5.74) is 0. The summed E-state index contributed by atoms with van der Waals surface area (Å²) >= 11 is 28.9. The molecule has 0 aromatic rings. The fourth-order valence-electron chi connectivity index (χ4n) is 2.96. The van der Waals surface area contributed by atoms with Crippen molar-refractivity contribution in [2.45, 2.75) is 85.4 Å². The highest BCUT2D eigenvalue weighted by molar-refractivity contribution is 8.07. The summed E-state index contributed by atoms with van der Waals surface area (Å²) in [5, 5.41) is 3.37. The Labute approximate surface area is 244 Å². The Bertz CT molecular complexity index is 405. The Morgan fingerprint density at radius 2 is 1.03 bits per heavy atom. The summed E-state index contributed by atoms with van der Waals surface area (Å²) in [7, 11) is 0. The summed E-state index contributed by atoms with van der Waals surface area (Å²) in [4.78, 5) is 0. The van der Waals surface area contributed by atoms with Crippen molar-refractivity contribution in [2.24, 2.45) is 5.92 Å². The lowest BCUT2D eigenvalue weighted by molar-refractivity contribution is 0.538. The molecular weight excluding hydrogens is 565 g/mol. The van der Waals surface area contributed by atoms with Crippen LogP contribution >= 0.6 is 109 Å². The van der Waals surface area contributed by atoms with Crippen molar-refractivity contribution in [3.05, 3.63) is 0 Å². The van der Waals surface area contributed by atoms with Crippen LogP contribution in [0, 0.1) is 5.92 Å². The van der Waals surface area contributed by atoms with Crippen molar-refractivity contribution < 1.29 is 0 Å². The molecule has 0 bridgehead atoms. The van der Waals surface area contributed by atoms with Crippen LogP contribution in [0.15, 0.2) is 0 Å². The molecule has 0 fully saturated rings. The van der Waals surface area contributed by atoms with Gasteiger partial charge in [-0.15, -0.1) is 0 Å².